The molecule has 34 heavy (non-hydrogen) atoms. The van der Waals surface area contributed by atoms with Gasteiger partial charge < -0.3 is 24.9 Å². The molecule has 1 amide bonds. The maximum absolute atomic E-state index is 12.5. The minimum atomic E-state index is -0.390. The molecule has 4 aromatic heterocycles. The van der Waals surface area contributed by atoms with Crippen molar-refractivity contribution in [1.29, 1.82) is 0 Å². The first kappa shape index (κ1) is 20.9. The summed E-state index contributed by atoms with van der Waals surface area (Å²) in [7, 11) is 0. The van der Waals surface area contributed by atoms with Crippen LogP contribution in [-0.2, 0) is 0 Å². The zero-order valence-corrected chi connectivity index (χ0v) is 18.0. The highest BCUT2D eigenvalue weighted by Gasteiger charge is 2.15. The maximum Gasteiger partial charge on any atom is 0.277 e. The molecule has 0 fully saturated rings. The average molecular weight is 453 g/mol. The molecule has 0 unspecified atom stereocenters. The fraction of sp³-hybridized carbons (Fsp3) is 0.0417. The van der Waals surface area contributed by atoms with Crippen molar-refractivity contribution in [2.45, 2.75) is 6.92 Å². The summed E-state index contributed by atoms with van der Waals surface area (Å²) in [4.78, 5) is 25.2. The second-order valence-corrected chi connectivity index (χ2v) is 7.34. The molecule has 0 aliphatic rings. The Morgan fingerprint density at radius 2 is 1.59 bits per heavy atom. The van der Waals surface area contributed by atoms with Crippen LogP contribution in [0.3, 0.4) is 0 Å². The summed E-state index contributed by atoms with van der Waals surface area (Å²) in [5.41, 5.74) is 2.64. The van der Waals surface area contributed by atoms with Gasteiger partial charge in [0.05, 0.1) is 6.26 Å². The van der Waals surface area contributed by atoms with Crippen molar-refractivity contribution in [3.8, 4) is 11.5 Å². The fourth-order valence-electron chi connectivity index (χ4n) is 3.13. The number of anilines is 5. The maximum atomic E-state index is 12.5. The zero-order chi connectivity index (χ0) is 23.3. The summed E-state index contributed by atoms with van der Waals surface area (Å²) < 4.78 is 10.4. The van der Waals surface area contributed by atoms with Gasteiger partial charge in [-0.1, -0.05) is 5.16 Å². The third kappa shape index (κ3) is 4.91. The van der Waals surface area contributed by atoms with Gasteiger partial charge in [-0.25, -0.2) is 15.0 Å². The molecule has 0 bridgehead atoms. The van der Waals surface area contributed by atoms with Gasteiger partial charge in [-0.2, -0.15) is 0 Å². The van der Waals surface area contributed by atoms with Crippen molar-refractivity contribution in [2.75, 3.05) is 16.0 Å². The molecule has 0 atom stereocenters. The van der Waals surface area contributed by atoms with Crippen LogP contribution in [0.15, 0.2) is 88.4 Å². The number of carbonyl (C=O) groups excluding carboxylic acids is 1. The van der Waals surface area contributed by atoms with Crippen molar-refractivity contribution in [3.05, 3.63) is 90.7 Å². The van der Waals surface area contributed by atoms with Crippen molar-refractivity contribution in [1.82, 2.24) is 20.1 Å². The Balaban J connectivity index is 1.21. The van der Waals surface area contributed by atoms with Crippen LogP contribution in [0.2, 0.25) is 0 Å². The highest BCUT2D eigenvalue weighted by molar-refractivity contribution is 6.03. The van der Waals surface area contributed by atoms with Crippen LogP contribution < -0.4 is 16.0 Å². The van der Waals surface area contributed by atoms with Crippen LogP contribution in [0.4, 0.5) is 28.8 Å². The average Bonchev–Trinajstić information content (AvgIpc) is 3.53. The van der Waals surface area contributed by atoms with Gasteiger partial charge >= 0.3 is 0 Å². The lowest BCUT2D eigenvalue weighted by atomic mass is 10.2. The van der Waals surface area contributed by atoms with Gasteiger partial charge in [0.15, 0.2) is 11.5 Å². The van der Waals surface area contributed by atoms with Gasteiger partial charge in [0.25, 0.3) is 5.91 Å². The number of nitrogens with one attached hydrogen (secondary N) is 3. The van der Waals surface area contributed by atoms with E-state index in [2.05, 4.69) is 36.1 Å². The van der Waals surface area contributed by atoms with Crippen molar-refractivity contribution < 1.29 is 13.7 Å². The molecule has 10 nitrogen and oxygen atoms in total. The molecular formula is C24H19N7O3. The molecule has 0 saturated carbocycles. The van der Waals surface area contributed by atoms with Crippen LogP contribution in [0.5, 0.6) is 0 Å². The number of rotatable bonds is 7. The van der Waals surface area contributed by atoms with Gasteiger partial charge in [-0.05, 0) is 61.0 Å². The molecule has 0 saturated heterocycles. The molecule has 3 N–H and O–H groups in total. The summed E-state index contributed by atoms with van der Waals surface area (Å²) in [6, 6.07) is 17.8. The lowest BCUT2D eigenvalue weighted by Crippen LogP contribution is -2.12. The zero-order valence-electron chi connectivity index (χ0n) is 18.0. The van der Waals surface area contributed by atoms with E-state index < -0.39 is 5.91 Å². The number of carbonyl (C=O) groups is 1. The molecular weight excluding hydrogens is 434 g/mol. The molecule has 168 valence electrons. The monoisotopic (exact) mass is 453 g/mol. The number of aryl methyl sites for hydroxylation is 1. The molecule has 0 spiro atoms. The second kappa shape index (κ2) is 9.25. The van der Waals surface area contributed by atoms with Gasteiger partial charge in [-0.15, -0.1) is 0 Å². The molecule has 4 heterocycles. The first-order valence-corrected chi connectivity index (χ1v) is 10.3. The number of hydrogen-bond donors (Lipinski definition) is 3. The normalized spacial score (nSPS) is 10.6. The molecule has 5 aromatic rings. The number of furan rings is 1. The SMILES string of the molecule is Cc1ccnc(Nc2cc(Nc3ccc(NC(=O)c4cc(-c5ccco5)on4)cc3)ncn2)c1. The largest absolute Gasteiger partial charge is 0.461 e. The van der Waals surface area contributed by atoms with Gasteiger partial charge in [0.2, 0.25) is 5.76 Å². The van der Waals surface area contributed by atoms with Crippen molar-refractivity contribution in [2.24, 2.45) is 0 Å². The fourth-order valence-corrected chi connectivity index (χ4v) is 3.13. The number of pyridine rings is 1. The first-order valence-electron chi connectivity index (χ1n) is 10.3. The van der Waals surface area contributed by atoms with Crippen molar-refractivity contribution >= 4 is 34.7 Å². The van der Waals surface area contributed by atoms with E-state index in [0.717, 1.165) is 11.3 Å². The van der Waals surface area contributed by atoms with Crippen LogP contribution in [0.1, 0.15) is 16.1 Å². The summed E-state index contributed by atoms with van der Waals surface area (Å²) in [6.45, 7) is 2.00. The Labute approximate surface area is 194 Å². The third-order valence-electron chi connectivity index (χ3n) is 4.76. The highest BCUT2D eigenvalue weighted by Crippen LogP contribution is 2.23. The van der Waals surface area contributed by atoms with Crippen LogP contribution >= 0.6 is 0 Å². The lowest BCUT2D eigenvalue weighted by Gasteiger charge is -2.09. The summed E-state index contributed by atoms with van der Waals surface area (Å²) >= 11 is 0. The van der Waals surface area contributed by atoms with E-state index in [9.17, 15) is 4.79 Å². The smallest absolute Gasteiger partial charge is 0.277 e. The first-order chi connectivity index (χ1) is 16.6. The van der Waals surface area contributed by atoms with E-state index in [1.807, 2.05) is 31.2 Å². The predicted molar refractivity (Wildman–Crippen MR) is 126 cm³/mol. The van der Waals surface area contributed by atoms with Crippen molar-refractivity contribution in [3.63, 3.8) is 0 Å². The minimum Gasteiger partial charge on any atom is -0.461 e. The number of aromatic nitrogens is 4. The second-order valence-electron chi connectivity index (χ2n) is 7.34. The quantitative estimate of drug-likeness (QED) is 0.305. The van der Waals surface area contributed by atoms with E-state index >= 15 is 0 Å². The molecule has 5 rings (SSSR count). The van der Waals surface area contributed by atoms with Gasteiger partial charge in [0, 0.05) is 29.7 Å². The number of nitrogens with zero attached hydrogens (tertiary/aromatic N) is 4. The molecule has 0 aliphatic carbocycles. The number of hydrogen-bond acceptors (Lipinski definition) is 9. The van der Waals surface area contributed by atoms with E-state index in [0.29, 0.717) is 34.7 Å². The molecule has 10 heteroatoms. The van der Waals surface area contributed by atoms with E-state index in [1.54, 1.807) is 36.5 Å². The Hall–Kier alpha value is -4.99. The predicted octanol–water partition coefficient (Wildman–Crippen LogP) is 5.17. The van der Waals surface area contributed by atoms with E-state index in [4.69, 9.17) is 8.94 Å². The van der Waals surface area contributed by atoms with Crippen LogP contribution in [0, 0.1) is 6.92 Å². The summed E-state index contributed by atoms with van der Waals surface area (Å²) in [5, 5.41) is 13.0. The molecule has 0 aliphatic heterocycles. The van der Waals surface area contributed by atoms with E-state index in [-0.39, 0.29) is 5.69 Å². The summed E-state index contributed by atoms with van der Waals surface area (Å²) in [6.07, 6.45) is 4.72. The topological polar surface area (TPSA) is 131 Å². The van der Waals surface area contributed by atoms with Gasteiger partial charge in [0.1, 0.15) is 23.8 Å². The molecule has 0 radical (unpaired) electrons. The number of amides is 1. The Morgan fingerprint density at radius 1 is 0.824 bits per heavy atom. The number of benzene rings is 1. The minimum absolute atomic E-state index is 0.151. The van der Waals surface area contributed by atoms with Crippen LogP contribution in [-0.4, -0.2) is 26.0 Å². The standard InChI is InChI=1S/C24H19N7O3/c1-15-8-9-25-21(11-15)30-23-13-22(26-14-27-23)28-16-4-6-17(7-5-16)29-24(32)18-12-20(34-31-18)19-3-2-10-33-19/h2-14H,1H3,(H,29,32)(H2,25,26,27,28,30). The van der Waals surface area contributed by atoms with Gasteiger partial charge in [-0.3, -0.25) is 4.79 Å². The lowest BCUT2D eigenvalue weighted by molar-refractivity contribution is 0.101. The summed E-state index contributed by atoms with van der Waals surface area (Å²) in [5.74, 6) is 2.41. The Bertz CT molecular complexity index is 1410. The Morgan fingerprint density at radius 3 is 2.35 bits per heavy atom. The molecule has 1 aromatic carbocycles. The highest BCUT2D eigenvalue weighted by atomic mass is 16.5. The van der Waals surface area contributed by atoms with E-state index in [1.165, 1.54) is 18.7 Å². The third-order valence-corrected chi connectivity index (χ3v) is 4.76. The van der Waals surface area contributed by atoms with Crippen LogP contribution in [0.25, 0.3) is 11.5 Å². The Kier molecular flexibility index (Phi) is 5.68.